The second-order valence-electron chi connectivity index (χ2n) is 12.8. The van der Waals surface area contributed by atoms with Gasteiger partial charge in [-0.3, -0.25) is 13.8 Å². The Hall–Kier alpha value is -1.80. The summed E-state index contributed by atoms with van der Waals surface area (Å²) in [7, 11) is -4.34. The second kappa shape index (κ2) is 36.0. The number of aliphatic hydroxyl groups is 1. The quantitative estimate of drug-likeness (QED) is 0.0293. The fraction of sp³-hybridized carbons (Fsp3) is 0.725. The number of unbranched alkanes of at least 4 members (excludes halogenated alkanes) is 14. The molecule has 0 fully saturated rings. The summed E-state index contributed by atoms with van der Waals surface area (Å²) >= 11 is 0. The van der Waals surface area contributed by atoms with Crippen LogP contribution in [0.15, 0.2) is 60.8 Å². The van der Waals surface area contributed by atoms with Gasteiger partial charge >= 0.3 is 7.82 Å². The molecular weight excluding hydrogens is 635 g/mol. The van der Waals surface area contributed by atoms with E-state index in [1.54, 1.807) is 6.08 Å². The van der Waals surface area contributed by atoms with E-state index in [0.29, 0.717) is 12.8 Å². The molecule has 0 saturated heterocycles. The minimum absolute atomic E-state index is 0.0726. The van der Waals surface area contributed by atoms with Crippen LogP contribution in [0.5, 0.6) is 0 Å². The Labute approximate surface area is 300 Å². The second-order valence-corrected chi connectivity index (χ2v) is 14.2. The van der Waals surface area contributed by atoms with Gasteiger partial charge in [0.1, 0.15) is 0 Å². The van der Waals surface area contributed by atoms with Crippen LogP contribution in [0.4, 0.5) is 0 Å². The maximum atomic E-state index is 12.7. The monoisotopic (exact) mass is 709 g/mol. The molecule has 0 aromatic rings. The molecule has 0 heterocycles. The van der Waals surface area contributed by atoms with Gasteiger partial charge in [0.05, 0.1) is 25.4 Å². The molecule has 9 heteroatoms. The van der Waals surface area contributed by atoms with Crippen LogP contribution < -0.4 is 11.1 Å². The van der Waals surface area contributed by atoms with Gasteiger partial charge in [-0.2, -0.15) is 0 Å². The van der Waals surface area contributed by atoms with Crippen molar-refractivity contribution in [3.05, 3.63) is 60.8 Å². The molecule has 3 atom stereocenters. The number of hydrogen-bond acceptors (Lipinski definition) is 6. The standard InChI is InChI=1S/C40H73N2O6P/c1-3-5-7-9-11-13-15-17-19-21-23-25-27-29-31-33-39(43)38(37-48-49(45,46)47-36-35-41)42-40(44)34-32-30-28-26-24-22-20-18-16-14-12-10-8-6-4-2/h6,8,12,14,18,20,24,26,30,32,38-39,43H,3-5,7,9-11,13,15-17,19,21-23,25,27-29,31,33-37,41H2,1-2H3,(H,42,44)(H,45,46)/b8-6-,14-12-,20-18-,26-24-,32-30-. The van der Waals surface area contributed by atoms with Crippen molar-refractivity contribution in [2.45, 2.75) is 167 Å². The number of allylic oxidation sites excluding steroid dienone is 9. The van der Waals surface area contributed by atoms with Gasteiger partial charge in [-0.05, 0) is 38.5 Å². The van der Waals surface area contributed by atoms with Gasteiger partial charge in [0.25, 0.3) is 0 Å². The molecule has 5 N–H and O–H groups in total. The fourth-order valence-electron chi connectivity index (χ4n) is 5.26. The summed E-state index contributed by atoms with van der Waals surface area (Å²) in [4.78, 5) is 22.6. The normalized spacial score (nSPS) is 15.0. The van der Waals surface area contributed by atoms with E-state index in [1.165, 1.54) is 77.0 Å². The first-order chi connectivity index (χ1) is 23.9. The number of amides is 1. The predicted molar refractivity (Wildman–Crippen MR) is 207 cm³/mol. The topological polar surface area (TPSA) is 131 Å². The Balaban J connectivity index is 4.40. The molecule has 0 aliphatic heterocycles. The summed E-state index contributed by atoms with van der Waals surface area (Å²) < 4.78 is 22.1. The molecule has 49 heavy (non-hydrogen) atoms. The molecule has 0 rings (SSSR count). The first-order valence-electron chi connectivity index (χ1n) is 19.4. The lowest BCUT2D eigenvalue weighted by atomic mass is 10.0. The van der Waals surface area contributed by atoms with Crippen molar-refractivity contribution >= 4 is 13.7 Å². The number of aliphatic hydroxyl groups excluding tert-OH is 1. The van der Waals surface area contributed by atoms with E-state index >= 15 is 0 Å². The van der Waals surface area contributed by atoms with Gasteiger partial charge in [0.2, 0.25) is 5.91 Å². The zero-order valence-electron chi connectivity index (χ0n) is 31.2. The minimum atomic E-state index is -4.34. The zero-order chi connectivity index (χ0) is 36.1. The number of nitrogens with two attached hydrogens (primary N) is 1. The molecule has 0 saturated carbocycles. The molecule has 0 radical (unpaired) electrons. The van der Waals surface area contributed by atoms with E-state index in [4.69, 9.17) is 14.8 Å². The van der Waals surface area contributed by atoms with E-state index in [0.717, 1.165) is 44.9 Å². The smallest absolute Gasteiger partial charge is 0.391 e. The third-order valence-corrected chi connectivity index (χ3v) is 9.15. The molecule has 0 aliphatic rings. The largest absolute Gasteiger partial charge is 0.472 e. The Morgan fingerprint density at radius 3 is 1.55 bits per heavy atom. The van der Waals surface area contributed by atoms with Crippen LogP contribution in [-0.4, -0.2) is 47.8 Å². The summed E-state index contributed by atoms with van der Waals surface area (Å²) in [5.74, 6) is -0.291. The van der Waals surface area contributed by atoms with Crippen LogP contribution in [0.3, 0.4) is 0 Å². The molecule has 284 valence electrons. The number of hydrogen-bond donors (Lipinski definition) is 4. The van der Waals surface area contributed by atoms with Crippen LogP contribution in [0, 0.1) is 0 Å². The van der Waals surface area contributed by atoms with Crippen molar-refractivity contribution in [3.8, 4) is 0 Å². The summed E-state index contributed by atoms with van der Waals surface area (Å²) in [5.41, 5.74) is 5.36. The van der Waals surface area contributed by atoms with Crippen molar-refractivity contribution in [3.63, 3.8) is 0 Å². The average Bonchev–Trinajstić information content (AvgIpc) is 3.09. The number of phosphoric acid groups is 1. The van der Waals surface area contributed by atoms with Gasteiger partial charge in [-0.15, -0.1) is 0 Å². The lowest BCUT2D eigenvalue weighted by Crippen LogP contribution is -2.46. The van der Waals surface area contributed by atoms with Crippen molar-refractivity contribution in [2.24, 2.45) is 5.73 Å². The highest BCUT2D eigenvalue weighted by atomic mass is 31.2. The van der Waals surface area contributed by atoms with Crippen molar-refractivity contribution in [2.75, 3.05) is 19.8 Å². The Kier molecular flexibility index (Phi) is 34.7. The highest BCUT2D eigenvalue weighted by Gasteiger charge is 2.27. The molecule has 1 amide bonds. The van der Waals surface area contributed by atoms with Gasteiger partial charge < -0.3 is 21.1 Å². The first-order valence-corrected chi connectivity index (χ1v) is 20.9. The number of carbonyl (C=O) groups is 1. The molecule has 0 bridgehead atoms. The molecule has 0 aromatic heterocycles. The zero-order valence-corrected chi connectivity index (χ0v) is 32.1. The van der Waals surface area contributed by atoms with Gasteiger partial charge in [0.15, 0.2) is 0 Å². The van der Waals surface area contributed by atoms with Gasteiger partial charge in [-0.25, -0.2) is 4.57 Å². The molecule has 8 nitrogen and oxygen atoms in total. The van der Waals surface area contributed by atoms with Gasteiger partial charge in [-0.1, -0.05) is 171 Å². The third-order valence-electron chi connectivity index (χ3n) is 8.16. The van der Waals surface area contributed by atoms with Crippen LogP contribution in [-0.2, 0) is 18.4 Å². The summed E-state index contributed by atoms with van der Waals surface area (Å²) in [5, 5.41) is 13.7. The lowest BCUT2D eigenvalue weighted by Gasteiger charge is -2.25. The molecule has 3 unspecified atom stereocenters. The Morgan fingerprint density at radius 2 is 1.10 bits per heavy atom. The number of carbonyl (C=O) groups excluding carboxylic acids is 1. The Morgan fingerprint density at radius 1 is 0.673 bits per heavy atom. The van der Waals surface area contributed by atoms with Gasteiger partial charge in [0, 0.05) is 13.0 Å². The molecule has 0 spiro atoms. The minimum Gasteiger partial charge on any atom is -0.391 e. The highest BCUT2D eigenvalue weighted by Crippen LogP contribution is 2.43. The van der Waals surface area contributed by atoms with Crippen LogP contribution in [0.25, 0.3) is 0 Å². The number of phosphoric ester groups is 1. The van der Waals surface area contributed by atoms with Crippen LogP contribution >= 0.6 is 7.82 Å². The molecule has 0 aromatic carbocycles. The first kappa shape index (κ1) is 47.2. The molecular formula is C40H73N2O6P. The SMILES string of the molecule is CC/C=C\C/C=C\C/C=C\C/C=C\C/C=C\CC(=O)NC(COP(=O)(O)OCCN)C(O)CCCCCCCCCCCCCCCCC. The van der Waals surface area contributed by atoms with Crippen LogP contribution in [0.1, 0.15) is 155 Å². The third kappa shape index (κ3) is 34.4. The van der Waals surface area contributed by atoms with Crippen LogP contribution in [0.2, 0.25) is 0 Å². The van der Waals surface area contributed by atoms with E-state index in [1.807, 2.05) is 6.08 Å². The predicted octanol–water partition coefficient (Wildman–Crippen LogP) is 10.3. The Bertz CT molecular complexity index is 949. The highest BCUT2D eigenvalue weighted by molar-refractivity contribution is 7.47. The van der Waals surface area contributed by atoms with E-state index in [9.17, 15) is 19.4 Å². The average molecular weight is 709 g/mol. The van der Waals surface area contributed by atoms with Crippen molar-refractivity contribution < 1.29 is 28.4 Å². The van der Waals surface area contributed by atoms with E-state index < -0.39 is 20.0 Å². The van der Waals surface area contributed by atoms with Crippen molar-refractivity contribution in [1.82, 2.24) is 5.32 Å². The summed E-state index contributed by atoms with van der Waals surface area (Å²) in [6.07, 6.45) is 44.0. The van der Waals surface area contributed by atoms with E-state index in [2.05, 4.69) is 67.8 Å². The van der Waals surface area contributed by atoms with E-state index in [-0.39, 0.29) is 32.1 Å². The maximum Gasteiger partial charge on any atom is 0.472 e. The number of nitrogens with one attached hydrogen (secondary N) is 1. The summed E-state index contributed by atoms with van der Waals surface area (Å²) in [6.45, 7) is 4.00. The van der Waals surface area contributed by atoms with Crippen molar-refractivity contribution in [1.29, 1.82) is 0 Å². The number of rotatable bonds is 35. The fourth-order valence-corrected chi connectivity index (χ4v) is 6.02. The maximum absolute atomic E-state index is 12.7. The summed E-state index contributed by atoms with van der Waals surface area (Å²) in [6, 6.07) is -0.830. The molecule has 0 aliphatic carbocycles. The lowest BCUT2D eigenvalue weighted by molar-refractivity contribution is -0.122.